The minimum Gasteiger partial charge on any atom is -0.335 e. The zero-order valence-corrected chi connectivity index (χ0v) is 15.0. The first-order valence-corrected chi connectivity index (χ1v) is 8.88. The van der Waals surface area contributed by atoms with E-state index in [1.54, 1.807) is 11.3 Å². The van der Waals surface area contributed by atoms with Crippen molar-refractivity contribution in [2.24, 2.45) is 5.41 Å². The molecule has 122 valence electrons. The van der Waals surface area contributed by atoms with Crippen molar-refractivity contribution in [1.29, 1.82) is 0 Å². The van der Waals surface area contributed by atoms with E-state index in [1.165, 1.54) is 4.88 Å². The fraction of sp³-hybridized carbons (Fsp3) is 0.500. The topological polar surface area (TPSA) is 46.1 Å². The van der Waals surface area contributed by atoms with Gasteiger partial charge in [-0.1, -0.05) is 20.8 Å². The van der Waals surface area contributed by atoms with Gasteiger partial charge >= 0.3 is 0 Å². The lowest BCUT2D eigenvalue weighted by Gasteiger charge is -2.31. The maximum Gasteiger partial charge on any atom is 0.228 e. The zero-order valence-electron chi connectivity index (χ0n) is 14.2. The van der Waals surface area contributed by atoms with Crippen LogP contribution in [0.25, 0.3) is 10.7 Å². The van der Waals surface area contributed by atoms with Gasteiger partial charge in [0.25, 0.3) is 0 Å². The average Bonchev–Trinajstić information content (AvgIpc) is 3.14. The molecule has 2 aromatic rings. The first kappa shape index (κ1) is 16.1. The van der Waals surface area contributed by atoms with Gasteiger partial charge in [0.2, 0.25) is 5.91 Å². The Labute approximate surface area is 141 Å². The third-order valence-corrected chi connectivity index (χ3v) is 5.10. The predicted molar refractivity (Wildman–Crippen MR) is 93.2 cm³/mol. The number of pyridine rings is 1. The van der Waals surface area contributed by atoms with Crippen molar-refractivity contribution in [3.8, 4) is 10.7 Å². The molecule has 0 spiro atoms. The molecular formula is C18H23N3OS. The fourth-order valence-corrected chi connectivity index (χ4v) is 3.76. The second-order valence-corrected chi connectivity index (χ2v) is 8.39. The third kappa shape index (κ3) is 3.29. The molecule has 0 aliphatic carbocycles. The van der Waals surface area contributed by atoms with Crippen LogP contribution < -0.4 is 0 Å². The molecule has 2 aromatic heterocycles. The van der Waals surface area contributed by atoms with Crippen molar-refractivity contribution in [2.75, 3.05) is 6.54 Å². The minimum absolute atomic E-state index is 0.157. The quantitative estimate of drug-likeness (QED) is 0.828. The van der Waals surface area contributed by atoms with Crippen LogP contribution in [-0.4, -0.2) is 27.3 Å². The Hall–Kier alpha value is -1.75. The van der Waals surface area contributed by atoms with E-state index < -0.39 is 0 Å². The van der Waals surface area contributed by atoms with Crippen molar-refractivity contribution in [3.05, 3.63) is 35.0 Å². The standard InChI is InChI=1S/C18H23N3OS/c1-12-11-20-16(23-12)14-10-13(7-8-19-14)15-6-5-9-21(15)17(22)18(2,3)4/h7-8,10-11,15H,5-6,9H2,1-4H3. The molecule has 1 unspecified atom stereocenters. The minimum atomic E-state index is -0.342. The van der Waals surface area contributed by atoms with E-state index in [1.807, 2.05) is 51.1 Å². The summed E-state index contributed by atoms with van der Waals surface area (Å²) in [6.45, 7) is 8.85. The largest absolute Gasteiger partial charge is 0.335 e. The third-order valence-electron chi connectivity index (χ3n) is 4.16. The summed E-state index contributed by atoms with van der Waals surface area (Å²) in [5, 5.41) is 0.941. The number of aryl methyl sites for hydroxylation is 1. The van der Waals surface area contributed by atoms with E-state index >= 15 is 0 Å². The highest BCUT2D eigenvalue weighted by molar-refractivity contribution is 7.14. The van der Waals surface area contributed by atoms with Crippen LogP contribution in [0.15, 0.2) is 24.5 Å². The first-order valence-electron chi connectivity index (χ1n) is 8.06. The maximum atomic E-state index is 12.7. The Bertz CT molecular complexity index is 717. The smallest absolute Gasteiger partial charge is 0.228 e. The summed E-state index contributed by atoms with van der Waals surface area (Å²) in [5.74, 6) is 0.225. The van der Waals surface area contributed by atoms with Crippen LogP contribution in [-0.2, 0) is 4.79 Å². The summed E-state index contributed by atoms with van der Waals surface area (Å²) < 4.78 is 0. The van der Waals surface area contributed by atoms with E-state index in [-0.39, 0.29) is 17.4 Å². The highest BCUT2D eigenvalue weighted by Gasteiger charge is 2.35. The van der Waals surface area contributed by atoms with E-state index in [0.717, 1.165) is 35.7 Å². The maximum absolute atomic E-state index is 12.7. The van der Waals surface area contributed by atoms with Crippen LogP contribution >= 0.6 is 11.3 Å². The number of hydrogen-bond acceptors (Lipinski definition) is 4. The Morgan fingerprint density at radius 1 is 1.35 bits per heavy atom. The van der Waals surface area contributed by atoms with Crippen molar-refractivity contribution in [1.82, 2.24) is 14.9 Å². The Balaban J connectivity index is 1.90. The molecule has 1 aliphatic heterocycles. The lowest BCUT2D eigenvalue weighted by Crippen LogP contribution is -2.39. The van der Waals surface area contributed by atoms with E-state index in [9.17, 15) is 4.79 Å². The number of likely N-dealkylation sites (tertiary alicyclic amines) is 1. The monoisotopic (exact) mass is 329 g/mol. The van der Waals surface area contributed by atoms with Gasteiger partial charge in [-0.2, -0.15) is 0 Å². The van der Waals surface area contributed by atoms with E-state index in [0.29, 0.717) is 0 Å². The van der Waals surface area contributed by atoms with Crippen LogP contribution in [0, 0.1) is 12.3 Å². The molecule has 1 saturated heterocycles. The lowest BCUT2D eigenvalue weighted by molar-refractivity contribution is -0.140. The Morgan fingerprint density at radius 2 is 2.13 bits per heavy atom. The highest BCUT2D eigenvalue weighted by Crippen LogP contribution is 2.36. The van der Waals surface area contributed by atoms with Crippen molar-refractivity contribution < 1.29 is 4.79 Å². The molecular weight excluding hydrogens is 306 g/mol. The molecule has 0 radical (unpaired) electrons. The number of carbonyl (C=O) groups is 1. The van der Waals surface area contributed by atoms with Gasteiger partial charge in [0.15, 0.2) is 0 Å². The molecule has 4 nitrogen and oxygen atoms in total. The molecule has 1 fully saturated rings. The SMILES string of the molecule is Cc1cnc(-c2cc(C3CCCN3C(=O)C(C)(C)C)ccn2)s1. The summed E-state index contributed by atoms with van der Waals surface area (Å²) in [4.78, 5) is 24.8. The molecule has 23 heavy (non-hydrogen) atoms. The van der Waals surface area contributed by atoms with Crippen LogP contribution in [0.3, 0.4) is 0 Å². The van der Waals surface area contributed by atoms with Gasteiger partial charge < -0.3 is 4.90 Å². The molecule has 3 rings (SSSR count). The Kier molecular flexibility index (Phi) is 4.23. The number of hydrogen-bond donors (Lipinski definition) is 0. The second kappa shape index (κ2) is 6.04. The van der Waals surface area contributed by atoms with Crippen molar-refractivity contribution in [3.63, 3.8) is 0 Å². The van der Waals surface area contributed by atoms with Crippen LogP contribution in [0.5, 0.6) is 0 Å². The summed E-state index contributed by atoms with van der Waals surface area (Å²) in [6, 6.07) is 4.28. The second-order valence-electron chi connectivity index (χ2n) is 7.16. The van der Waals surface area contributed by atoms with E-state index in [4.69, 9.17) is 0 Å². The average molecular weight is 329 g/mol. The van der Waals surface area contributed by atoms with Gasteiger partial charge in [-0.15, -0.1) is 11.3 Å². The van der Waals surface area contributed by atoms with Gasteiger partial charge in [0.1, 0.15) is 5.01 Å². The van der Waals surface area contributed by atoms with Gasteiger partial charge in [0, 0.05) is 29.2 Å². The molecule has 1 amide bonds. The number of thiazole rings is 1. The first-order chi connectivity index (χ1) is 10.9. The van der Waals surface area contributed by atoms with Crippen molar-refractivity contribution >= 4 is 17.2 Å². The zero-order chi connectivity index (χ0) is 16.6. The molecule has 0 aromatic carbocycles. The van der Waals surface area contributed by atoms with Gasteiger partial charge in [-0.05, 0) is 37.5 Å². The highest BCUT2D eigenvalue weighted by atomic mass is 32.1. The molecule has 1 atom stereocenters. The molecule has 3 heterocycles. The van der Waals surface area contributed by atoms with Crippen LogP contribution in [0.2, 0.25) is 0 Å². The number of nitrogens with zero attached hydrogens (tertiary/aromatic N) is 3. The number of rotatable bonds is 2. The molecule has 5 heteroatoms. The number of amides is 1. The summed E-state index contributed by atoms with van der Waals surface area (Å²) in [6.07, 6.45) is 5.78. The van der Waals surface area contributed by atoms with Gasteiger partial charge in [-0.25, -0.2) is 4.98 Å². The summed E-state index contributed by atoms with van der Waals surface area (Å²) >= 11 is 1.65. The van der Waals surface area contributed by atoms with Crippen LogP contribution in [0.4, 0.5) is 0 Å². The number of aromatic nitrogens is 2. The van der Waals surface area contributed by atoms with Gasteiger partial charge in [0.05, 0.1) is 11.7 Å². The fourth-order valence-electron chi connectivity index (χ4n) is 3.03. The molecule has 0 bridgehead atoms. The van der Waals surface area contributed by atoms with Gasteiger partial charge in [-0.3, -0.25) is 9.78 Å². The predicted octanol–water partition coefficient (Wildman–Crippen LogP) is 4.22. The molecule has 0 N–H and O–H groups in total. The van der Waals surface area contributed by atoms with Crippen LogP contribution in [0.1, 0.15) is 50.1 Å². The normalized spacial score (nSPS) is 18.4. The van der Waals surface area contributed by atoms with Crippen molar-refractivity contribution in [2.45, 2.75) is 46.6 Å². The lowest BCUT2D eigenvalue weighted by atomic mass is 9.93. The number of carbonyl (C=O) groups excluding carboxylic acids is 1. The Morgan fingerprint density at radius 3 is 2.78 bits per heavy atom. The molecule has 1 aliphatic rings. The summed E-state index contributed by atoms with van der Waals surface area (Å²) in [7, 11) is 0. The van der Waals surface area contributed by atoms with E-state index in [2.05, 4.69) is 16.0 Å². The summed E-state index contributed by atoms with van der Waals surface area (Å²) in [5.41, 5.74) is 1.72. The molecule has 0 saturated carbocycles.